The first-order valence-electron chi connectivity index (χ1n) is 7.84. The Hall–Kier alpha value is -2.08. The highest BCUT2D eigenvalue weighted by molar-refractivity contribution is 8.00. The third kappa shape index (κ3) is 4.26. The van der Waals surface area contributed by atoms with Gasteiger partial charge in [0.1, 0.15) is 11.6 Å². The van der Waals surface area contributed by atoms with E-state index in [0.717, 1.165) is 36.2 Å². The lowest BCUT2D eigenvalue weighted by molar-refractivity contribution is -0.113. The van der Waals surface area contributed by atoms with Crippen LogP contribution in [0.2, 0.25) is 0 Å². The second-order valence-corrected chi connectivity index (χ2v) is 6.70. The van der Waals surface area contributed by atoms with Crippen molar-refractivity contribution in [2.75, 3.05) is 29.1 Å². The molecule has 0 atom stereocenters. The monoisotopic (exact) mass is 348 g/mol. The van der Waals surface area contributed by atoms with Gasteiger partial charge >= 0.3 is 0 Å². The second-order valence-electron chi connectivity index (χ2n) is 5.65. The molecule has 1 amide bonds. The van der Waals surface area contributed by atoms with E-state index in [2.05, 4.69) is 22.3 Å². The molecule has 3 nitrogen and oxygen atoms in total. The number of anilines is 2. The Labute approximate surface area is 144 Å². The second kappa shape index (κ2) is 7.66. The van der Waals surface area contributed by atoms with E-state index in [4.69, 9.17) is 0 Å². The first-order chi connectivity index (χ1) is 11.6. The summed E-state index contributed by atoms with van der Waals surface area (Å²) < 4.78 is 26.6. The number of nitrogens with one attached hydrogen (secondary N) is 1. The number of halogens is 2. The van der Waals surface area contributed by atoms with Crippen LogP contribution in [-0.4, -0.2) is 24.7 Å². The van der Waals surface area contributed by atoms with Gasteiger partial charge in [0.25, 0.3) is 0 Å². The minimum Gasteiger partial charge on any atom is -0.372 e. The molecule has 0 aromatic heterocycles. The van der Waals surface area contributed by atoms with Crippen LogP contribution in [0.25, 0.3) is 0 Å². The number of nitrogens with zero attached hydrogens (tertiary/aromatic N) is 1. The summed E-state index contributed by atoms with van der Waals surface area (Å²) >= 11 is 1.36. The van der Waals surface area contributed by atoms with E-state index in [0.29, 0.717) is 0 Å². The molecule has 2 aromatic carbocycles. The molecule has 0 spiro atoms. The van der Waals surface area contributed by atoms with Crippen molar-refractivity contribution in [1.29, 1.82) is 0 Å². The largest absolute Gasteiger partial charge is 0.372 e. The maximum atomic E-state index is 13.5. The molecule has 0 bridgehead atoms. The summed E-state index contributed by atoms with van der Waals surface area (Å²) in [6.07, 6.45) is 2.46. The Morgan fingerprint density at radius 2 is 1.79 bits per heavy atom. The van der Waals surface area contributed by atoms with Gasteiger partial charge in [0.15, 0.2) is 0 Å². The number of rotatable bonds is 5. The van der Waals surface area contributed by atoms with Crippen molar-refractivity contribution in [3.05, 3.63) is 54.1 Å². The SMILES string of the molecule is O=C(CSc1ccc(N2CCCC2)cc1)Nc1cc(F)ccc1F. The third-order valence-corrected chi connectivity index (χ3v) is 4.89. The average Bonchev–Trinajstić information content (AvgIpc) is 3.11. The lowest BCUT2D eigenvalue weighted by Crippen LogP contribution is -2.17. The number of carbonyl (C=O) groups is 1. The smallest absolute Gasteiger partial charge is 0.234 e. The summed E-state index contributed by atoms with van der Waals surface area (Å²) in [5, 5.41) is 2.39. The fraction of sp³-hybridized carbons (Fsp3) is 0.278. The molecule has 1 saturated heterocycles. The molecule has 0 saturated carbocycles. The summed E-state index contributed by atoms with van der Waals surface area (Å²) in [7, 11) is 0. The van der Waals surface area contributed by atoms with Gasteiger partial charge in [0, 0.05) is 29.7 Å². The summed E-state index contributed by atoms with van der Waals surface area (Å²) in [5.41, 5.74) is 1.06. The van der Waals surface area contributed by atoms with Gasteiger partial charge in [-0.25, -0.2) is 8.78 Å². The number of benzene rings is 2. The Bertz CT molecular complexity index is 715. The fourth-order valence-corrected chi connectivity index (χ4v) is 3.36. The molecule has 1 aliphatic rings. The first kappa shape index (κ1) is 16.8. The molecule has 6 heteroatoms. The molecule has 0 radical (unpaired) electrons. The number of amides is 1. The van der Waals surface area contributed by atoms with Gasteiger partial charge < -0.3 is 10.2 Å². The predicted octanol–water partition coefficient (Wildman–Crippen LogP) is 4.30. The van der Waals surface area contributed by atoms with E-state index in [-0.39, 0.29) is 17.3 Å². The van der Waals surface area contributed by atoms with E-state index in [1.165, 1.54) is 30.3 Å². The van der Waals surface area contributed by atoms with Gasteiger partial charge in [-0.1, -0.05) is 0 Å². The molecule has 1 N–H and O–H groups in total. The lowest BCUT2D eigenvalue weighted by Gasteiger charge is -2.17. The molecule has 1 aliphatic heterocycles. The number of hydrogen-bond acceptors (Lipinski definition) is 3. The molecule has 1 heterocycles. The van der Waals surface area contributed by atoms with E-state index in [9.17, 15) is 13.6 Å². The highest BCUT2D eigenvalue weighted by atomic mass is 32.2. The summed E-state index contributed by atoms with van der Waals surface area (Å²) in [5.74, 6) is -1.46. The molecule has 0 aliphatic carbocycles. The van der Waals surface area contributed by atoms with Crippen LogP contribution in [-0.2, 0) is 4.79 Å². The van der Waals surface area contributed by atoms with Gasteiger partial charge in [-0.05, 0) is 49.2 Å². The minimum absolute atomic E-state index is 0.134. The molecule has 2 aromatic rings. The van der Waals surface area contributed by atoms with Crippen LogP contribution in [0.3, 0.4) is 0 Å². The molecular formula is C18H18F2N2OS. The van der Waals surface area contributed by atoms with Crippen molar-refractivity contribution in [2.45, 2.75) is 17.7 Å². The third-order valence-electron chi connectivity index (χ3n) is 3.88. The molecule has 126 valence electrons. The summed E-state index contributed by atoms with van der Waals surface area (Å²) in [4.78, 5) is 15.2. The molecule has 1 fully saturated rings. The standard InChI is InChI=1S/C18H18F2N2OS/c19-13-3-8-16(20)17(11-13)21-18(23)12-24-15-6-4-14(5-7-15)22-9-1-2-10-22/h3-8,11H,1-2,9-10,12H2,(H,21,23). The van der Waals surface area contributed by atoms with Crippen LogP contribution < -0.4 is 10.2 Å². The Kier molecular flexibility index (Phi) is 5.35. The maximum absolute atomic E-state index is 13.5. The Morgan fingerprint density at radius 3 is 2.50 bits per heavy atom. The van der Waals surface area contributed by atoms with E-state index < -0.39 is 11.6 Å². The minimum atomic E-state index is -0.648. The van der Waals surface area contributed by atoms with E-state index in [1.54, 1.807) is 0 Å². The zero-order valence-corrected chi connectivity index (χ0v) is 13.9. The van der Waals surface area contributed by atoms with Crippen LogP contribution in [0.5, 0.6) is 0 Å². The van der Waals surface area contributed by atoms with Crippen molar-refractivity contribution >= 4 is 29.0 Å². The van der Waals surface area contributed by atoms with Gasteiger partial charge in [-0.3, -0.25) is 4.79 Å². The first-order valence-corrected chi connectivity index (χ1v) is 8.83. The zero-order valence-electron chi connectivity index (χ0n) is 13.1. The highest BCUT2D eigenvalue weighted by Crippen LogP contribution is 2.25. The summed E-state index contributed by atoms with van der Waals surface area (Å²) in [6.45, 7) is 2.18. The van der Waals surface area contributed by atoms with Crippen LogP contribution in [0, 0.1) is 11.6 Å². The Balaban J connectivity index is 1.53. The average molecular weight is 348 g/mol. The fourth-order valence-electron chi connectivity index (χ4n) is 2.66. The maximum Gasteiger partial charge on any atom is 0.234 e. The number of thioether (sulfide) groups is 1. The van der Waals surface area contributed by atoms with Crippen molar-refractivity contribution < 1.29 is 13.6 Å². The van der Waals surface area contributed by atoms with Crippen molar-refractivity contribution in [3.8, 4) is 0 Å². The zero-order chi connectivity index (χ0) is 16.9. The molecular weight excluding hydrogens is 330 g/mol. The van der Waals surface area contributed by atoms with Crippen molar-refractivity contribution in [2.24, 2.45) is 0 Å². The van der Waals surface area contributed by atoms with Crippen molar-refractivity contribution in [1.82, 2.24) is 0 Å². The molecule has 0 unspecified atom stereocenters. The quantitative estimate of drug-likeness (QED) is 0.818. The molecule has 24 heavy (non-hydrogen) atoms. The van der Waals surface area contributed by atoms with Crippen LogP contribution in [0.15, 0.2) is 47.4 Å². The Morgan fingerprint density at radius 1 is 1.08 bits per heavy atom. The van der Waals surface area contributed by atoms with E-state index >= 15 is 0 Å². The van der Waals surface area contributed by atoms with Gasteiger partial charge in [0.05, 0.1) is 11.4 Å². The van der Waals surface area contributed by atoms with Crippen LogP contribution in [0.4, 0.5) is 20.2 Å². The number of carbonyl (C=O) groups excluding carboxylic acids is 1. The predicted molar refractivity (Wildman–Crippen MR) is 93.6 cm³/mol. The van der Waals surface area contributed by atoms with Crippen LogP contribution >= 0.6 is 11.8 Å². The topological polar surface area (TPSA) is 32.3 Å². The normalized spacial score (nSPS) is 14.0. The number of hydrogen-bond donors (Lipinski definition) is 1. The van der Waals surface area contributed by atoms with E-state index in [1.807, 2.05) is 12.1 Å². The summed E-state index contributed by atoms with van der Waals surface area (Å²) in [6, 6.07) is 11.1. The lowest BCUT2D eigenvalue weighted by atomic mass is 10.3. The highest BCUT2D eigenvalue weighted by Gasteiger charge is 2.12. The van der Waals surface area contributed by atoms with Crippen molar-refractivity contribution in [3.63, 3.8) is 0 Å². The van der Waals surface area contributed by atoms with Crippen LogP contribution in [0.1, 0.15) is 12.8 Å². The van der Waals surface area contributed by atoms with Gasteiger partial charge in [-0.2, -0.15) is 0 Å². The molecule has 3 rings (SSSR count). The van der Waals surface area contributed by atoms with Gasteiger partial charge in [-0.15, -0.1) is 11.8 Å². The van der Waals surface area contributed by atoms with Gasteiger partial charge in [0.2, 0.25) is 5.91 Å².